The first kappa shape index (κ1) is 25.6. The minimum Gasteiger partial charge on any atom is -0.310 e. The zero-order valence-electron chi connectivity index (χ0n) is 24.8. The molecular formula is C42H33N. The maximum Gasteiger partial charge on any atom is 0.0540 e. The van der Waals surface area contributed by atoms with Gasteiger partial charge >= 0.3 is 0 Å². The number of aryl methyl sites for hydroxylation is 1. The van der Waals surface area contributed by atoms with Gasteiger partial charge in [-0.1, -0.05) is 129 Å². The van der Waals surface area contributed by atoms with Crippen molar-refractivity contribution in [3.05, 3.63) is 161 Å². The summed E-state index contributed by atoms with van der Waals surface area (Å²) in [6, 6.07) is 48.7. The van der Waals surface area contributed by atoms with E-state index < -0.39 is 0 Å². The number of anilines is 3. The molecule has 0 amide bonds. The van der Waals surface area contributed by atoms with Crippen molar-refractivity contribution in [2.45, 2.75) is 26.2 Å². The van der Waals surface area contributed by atoms with E-state index in [4.69, 9.17) is 0 Å². The Labute approximate surface area is 253 Å². The topological polar surface area (TPSA) is 3.24 Å². The first-order valence-electron chi connectivity index (χ1n) is 15.1. The molecule has 206 valence electrons. The number of fused-ring (bicyclic) bond motifs is 1. The molecule has 1 aliphatic carbocycles. The summed E-state index contributed by atoms with van der Waals surface area (Å²) in [5, 5.41) is 7.97. The lowest BCUT2D eigenvalue weighted by molar-refractivity contribution is 0.662. The maximum atomic E-state index is 2.41. The van der Waals surface area contributed by atoms with Crippen LogP contribution in [0, 0.1) is 6.92 Å². The SMILES string of the molecule is Cc1ccccc1N(c1ccccc1)c1ccc(C=Cc2cc3c4c(ccc5cccc(c54)C3(C)C)c2)c2ccccc12. The fourth-order valence-electron chi connectivity index (χ4n) is 7.15. The third-order valence-electron chi connectivity index (χ3n) is 9.33. The third kappa shape index (κ3) is 4.00. The predicted octanol–water partition coefficient (Wildman–Crippen LogP) is 11.7. The first-order chi connectivity index (χ1) is 21.0. The van der Waals surface area contributed by atoms with Gasteiger partial charge in [-0.25, -0.2) is 0 Å². The largest absolute Gasteiger partial charge is 0.310 e. The van der Waals surface area contributed by atoms with E-state index in [1.54, 1.807) is 0 Å². The molecular weight excluding hydrogens is 518 g/mol. The highest BCUT2D eigenvalue weighted by molar-refractivity contribution is 6.15. The van der Waals surface area contributed by atoms with Crippen LogP contribution in [0.4, 0.5) is 17.1 Å². The van der Waals surface area contributed by atoms with Crippen LogP contribution in [-0.4, -0.2) is 0 Å². The number of rotatable bonds is 5. The normalized spacial score (nSPS) is 13.6. The molecule has 0 fully saturated rings. The van der Waals surface area contributed by atoms with Gasteiger partial charge in [0.25, 0.3) is 0 Å². The Kier molecular flexibility index (Phi) is 5.77. The van der Waals surface area contributed by atoms with Crippen molar-refractivity contribution in [2.75, 3.05) is 4.90 Å². The van der Waals surface area contributed by atoms with E-state index in [0.29, 0.717) is 0 Å². The lowest BCUT2D eigenvalue weighted by atomic mass is 9.81. The second-order valence-corrected chi connectivity index (χ2v) is 12.3. The van der Waals surface area contributed by atoms with Gasteiger partial charge in [-0.3, -0.25) is 0 Å². The van der Waals surface area contributed by atoms with Crippen molar-refractivity contribution in [3.63, 3.8) is 0 Å². The second kappa shape index (κ2) is 9.71. The number of para-hydroxylation sites is 2. The van der Waals surface area contributed by atoms with Crippen molar-refractivity contribution in [3.8, 4) is 0 Å². The average molecular weight is 552 g/mol. The van der Waals surface area contributed by atoms with Gasteiger partial charge in [0.05, 0.1) is 5.69 Å². The zero-order valence-corrected chi connectivity index (χ0v) is 24.8. The average Bonchev–Trinajstić information content (AvgIpc) is 3.28. The molecule has 0 aliphatic heterocycles. The van der Waals surface area contributed by atoms with Gasteiger partial charge in [0, 0.05) is 22.2 Å². The predicted molar refractivity (Wildman–Crippen MR) is 186 cm³/mol. The lowest BCUT2D eigenvalue weighted by Crippen LogP contribution is -2.15. The number of hydrogen-bond acceptors (Lipinski definition) is 1. The summed E-state index contributed by atoms with van der Waals surface area (Å²) in [6.45, 7) is 6.91. The molecule has 0 saturated heterocycles. The first-order valence-corrected chi connectivity index (χ1v) is 15.1. The summed E-state index contributed by atoms with van der Waals surface area (Å²) < 4.78 is 0. The van der Waals surface area contributed by atoms with E-state index in [1.807, 2.05) is 0 Å². The van der Waals surface area contributed by atoms with Gasteiger partial charge in [-0.2, -0.15) is 0 Å². The van der Waals surface area contributed by atoms with Gasteiger partial charge in [-0.05, 0) is 92.0 Å². The quantitative estimate of drug-likeness (QED) is 0.152. The number of benzene rings is 7. The molecule has 0 heterocycles. The zero-order chi connectivity index (χ0) is 29.1. The van der Waals surface area contributed by atoms with Gasteiger partial charge in [0.2, 0.25) is 0 Å². The fourth-order valence-corrected chi connectivity index (χ4v) is 7.15. The van der Waals surface area contributed by atoms with Crippen molar-refractivity contribution < 1.29 is 0 Å². The molecule has 7 aromatic carbocycles. The standard InChI is InChI=1S/C42H33N/c1-28-12-7-10-19-38(28)43(33-14-5-4-6-15-33)39-25-24-30(34-16-8-9-17-35(34)39)21-20-29-26-32-23-22-31-13-11-18-36-40(31)41(32)37(27-29)42(36,2)3/h4-27H,1-3H3. The molecule has 0 bridgehead atoms. The van der Waals surface area contributed by atoms with Crippen molar-refractivity contribution >= 4 is 61.5 Å². The third-order valence-corrected chi connectivity index (χ3v) is 9.33. The van der Waals surface area contributed by atoms with Crippen LogP contribution in [0.5, 0.6) is 0 Å². The molecule has 43 heavy (non-hydrogen) atoms. The molecule has 0 spiro atoms. The number of nitrogens with zero attached hydrogens (tertiary/aromatic N) is 1. The van der Waals surface area contributed by atoms with Crippen LogP contribution in [0.1, 0.15) is 41.7 Å². The van der Waals surface area contributed by atoms with Crippen LogP contribution in [0.2, 0.25) is 0 Å². The van der Waals surface area contributed by atoms with Crippen LogP contribution in [-0.2, 0) is 5.41 Å². The smallest absolute Gasteiger partial charge is 0.0540 e. The molecule has 8 rings (SSSR count). The Morgan fingerprint density at radius 3 is 2.09 bits per heavy atom. The molecule has 0 aromatic heterocycles. The van der Waals surface area contributed by atoms with Gasteiger partial charge < -0.3 is 4.90 Å². The highest BCUT2D eigenvalue weighted by Gasteiger charge is 2.33. The molecule has 0 atom stereocenters. The van der Waals surface area contributed by atoms with Gasteiger partial charge in [0.15, 0.2) is 0 Å². The van der Waals surface area contributed by atoms with Crippen molar-refractivity contribution in [1.29, 1.82) is 0 Å². The fraction of sp³-hybridized carbons (Fsp3) is 0.0952. The van der Waals surface area contributed by atoms with E-state index in [1.165, 1.54) is 71.5 Å². The molecule has 0 unspecified atom stereocenters. The molecule has 1 heteroatoms. The Balaban J connectivity index is 1.25. The van der Waals surface area contributed by atoms with E-state index in [2.05, 4.69) is 171 Å². The van der Waals surface area contributed by atoms with E-state index in [-0.39, 0.29) is 5.41 Å². The van der Waals surface area contributed by atoms with Crippen LogP contribution < -0.4 is 4.90 Å². The van der Waals surface area contributed by atoms with Crippen LogP contribution in [0.3, 0.4) is 0 Å². The Bertz CT molecular complexity index is 2220. The summed E-state index contributed by atoms with van der Waals surface area (Å²) in [7, 11) is 0. The van der Waals surface area contributed by atoms with Crippen LogP contribution in [0.25, 0.3) is 44.5 Å². The van der Waals surface area contributed by atoms with Gasteiger partial charge in [0.1, 0.15) is 0 Å². The molecule has 1 nitrogen and oxygen atoms in total. The monoisotopic (exact) mass is 551 g/mol. The molecule has 0 radical (unpaired) electrons. The number of hydrogen-bond donors (Lipinski definition) is 0. The highest BCUT2D eigenvalue weighted by Crippen LogP contribution is 2.49. The summed E-state index contributed by atoms with van der Waals surface area (Å²) in [6.07, 6.45) is 4.57. The van der Waals surface area contributed by atoms with Crippen LogP contribution in [0.15, 0.2) is 133 Å². The lowest BCUT2D eigenvalue weighted by Gasteiger charge is -2.28. The van der Waals surface area contributed by atoms with E-state index >= 15 is 0 Å². The summed E-state index contributed by atoms with van der Waals surface area (Å²) in [4.78, 5) is 2.39. The Morgan fingerprint density at radius 1 is 0.535 bits per heavy atom. The second-order valence-electron chi connectivity index (χ2n) is 12.3. The van der Waals surface area contributed by atoms with Crippen molar-refractivity contribution in [2.24, 2.45) is 0 Å². The molecule has 0 N–H and O–H groups in total. The maximum absolute atomic E-state index is 2.41. The molecule has 1 aliphatic rings. The Hall–Kier alpha value is -5.14. The summed E-state index contributed by atoms with van der Waals surface area (Å²) >= 11 is 0. The van der Waals surface area contributed by atoms with Crippen molar-refractivity contribution in [1.82, 2.24) is 0 Å². The molecule has 7 aromatic rings. The highest BCUT2D eigenvalue weighted by atomic mass is 15.1. The summed E-state index contributed by atoms with van der Waals surface area (Å²) in [5.74, 6) is 0. The minimum atomic E-state index is -0.0177. The summed E-state index contributed by atoms with van der Waals surface area (Å²) in [5.41, 5.74) is 10.1. The van der Waals surface area contributed by atoms with E-state index in [0.717, 1.165) is 5.69 Å². The van der Waals surface area contributed by atoms with Gasteiger partial charge in [-0.15, -0.1) is 0 Å². The minimum absolute atomic E-state index is 0.0177. The Morgan fingerprint density at radius 2 is 1.26 bits per heavy atom. The molecule has 0 saturated carbocycles. The van der Waals surface area contributed by atoms with Crippen LogP contribution >= 0.6 is 0 Å². The van der Waals surface area contributed by atoms with E-state index in [9.17, 15) is 0 Å².